The molecule has 2 aliphatic heterocycles. The van der Waals surface area contributed by atoms with Gasteiger partial charge in [-0.05, 0) is 36.5 Å². The van der Waals surface area contributed by atoms with Crippen LogP contribution in [0, 0.1) is 29.6 Å². The minimum absolute atomic E-state index is 0.135. The molecule has 33 heavy (non-hydrogen) atoms. The molecule has 2 amide bonds. The van der Waals surface area contributed by atoms with E-state index in [0.717, 1.165) is 5.56 Å². The van der Waals surface area contributed by atoms with E-state index in [1.807, 2.05) is 19.9 Å². The summed E-state index contributed by atoms with van der Waals surface area (Å²) < 4.78 is 10.7. The van der Waals surface area contributed by atoms with E-state index in [0.29, 0.717) is 42.6 Å². The van der Waals surface area contributed by atoms with Crippen molar-refractivity contribution in [2.24, 2.45) is 34.7 Å². The largest absolute Gasteiger partial charge is 0.454 e. The molecule has 0 aromatic heterocycles. The number of fused-ring (bicyclic) bond motifs is 4. The lowest BCUT2D eigenvalue weighted by Gasteiger charge is -2.45. The Kier molecular flexibility index (Phi) is 5.78. The maximum Gasteiger partial charge on any atom is 0.233 e. The molecule has 0 bridgehead atoms. The van der Waals surface area contributed by atoms with Crippen molar-refractivity contribution < 1.29 is 34.1 Å². The summed E-state index contributed by atoms with van der Waals surface area (Å²) in [6.07, 6.45) is -0.761. The maximum atomic E-state index is 13.5. The van der Waals surface area contributed by atoms with Crippen LogP contribution in [-0.4, -0.2) is 58.2 Å². The average molecular weight is 459 g/mol. The molecule has 9 heteroatoms. The molecule has 0 spiro atoms. The molecule has 0 unspecified atom stereocenters. The van der Waals surface area contributed by atoms with Crippen LogP contribution in [0.15, 0.2) is 23.4 Å². The molecule has 9 nitrogen and oxygen atoms in total. The number of rotatable bonds is 5. The van der Waals surface area contributed by atoms with Crippen LogP contribution in [0.4, 0.5) is 0 Å². The van der Waals surface area contributed by atoms with E-state index in [1.165, 1.54) is 4.90 Å². The number of likely N-dealkylation sites (tertiary alicyclic amines) is 1. The van der Waals surface area contributed by atoms with Gasteiger partial charge in [-0.25, -0.2) is 0 Å². The van der Waals surface area contributed by atoms with Crippen LogP contribution in [-0.2, 0) is 21.0 Å². The molecule has 178 valence electrons. The number of aliphatic hydroxyl groups is 2. The van der Waals surface area contributed by atoms with Gasteiger partial charge in [-0.2, -0.15) is 0 Å². The first kappa shape index (κ1) is 22.2. The third kappa shape index (κ3) is 3.87. The van der Waals surface area contributed by atoms with Gasteiger partial charge in [0.1, 0.15) is 6.61 Å². The molecule has 1 aromatic rings. The van der Waals surface area contributed by atoms with Gasteiger partial charge in [0.2, 0.25) is 18.6 Å². The molecule has 4 aliphatic rings. The van der Waals surface area contributed by atoms with Gasteiger partial charge in [-0.1, -0.05) is 25.1 Å². The molecule has 5 rings (SSSR count). The fourth-order valence-corrected chi connectivity index (χ4v) is 5.69. The summed E-state index contributed by atoms with van der Waals surface area (Å²) in [4.78, 5) is 33.5. The van der Waals surface area contributed by atoms with Gasteiger partial charge >= 0.3 is 0 Å². The van der Waals surface area contributed by atoms with Gasteiger partial charge in [0.05, 0.1) is 36.3 Å². The Morgan fingerprint density at radius 1 is 1.12 bits per heavy atom. The zero-order chi connectivity index (χ0) is 23.3. The maximum absolute atomic E-state index is 13.5. The summed E-state index contributed by atoms with van der Waals surface area (Å²) in [6, 6.07) is 5.37. The third-order valence-corrected chi connectivity index (χ3v) is 7.24. The second-order valence-corrected chi connectivity index (χ2v) is 9.88. The van der Waals surface area contributed by atoms with Crippen molar-refractivity contribution >= 4 is 17.5 Å². The SMILES string of the molecule is CC(C)CO/N=C1\C[C@@H](O)[C@@H](O)[C@@H]2[C@@H]3C(=O)N(Cc4ccc5c(c4)OCO5)C(=O)[C@@H]3CC[C@@H]12. The number of benzene rings is 1. The number of amides is 2. The van der Waals surface area contributed by atoms with Crippen molar-refractivity contribution in [1.82, 2.24) is 4.90 Å². The van der Waals surface area contributed by atoms with Crippen molar-refractivity contribution in [3.8, 4) is 11.5 Å². The summed E-state index contributed by atoms with van der Waals surface area (Å²) in [5.74, 6) is -0.908. The van der Waals surface area contributed by atoms with Gasteiger partial charge in [-0.3, -0.25) is 14.5 Å². The summed E-state index contributed by atoms with van der Waals surface area (Å²) in [6.45, 7) is 4.77. The Morgan fingerprint density at radius 3 is 2.67 bits per heavy atom. The van der Waals surface area contributed by atoms with E-state index in [4.69, 9.17) is 14.3 Å². The van der Waals surface area contributed by atoms with E-state index in [1.54, 1.807) is 12.1 Å². The van der Waals surface area contributed by atoms with E-state index in [-0.39, 0.29) is 37.5 Å². The van der Waals surface area contributed by atoms with Crippen molar-refractivity contribution in [2.75, 3.05) is 13.4 Å². The molecular formula is C24H30N2O7. The molecule has 1 saturated heterocycles. The number of aliphatic hydroxyl groups excluding tert-OH is 2. The molecule has 0 radical (unpaired) electrons. The van der Waals surface area contributed by atoms with Crippen molar-refractivity contribution in [3.63, 3.8) is 0 Å². The van der Waals surface area contributed by atoms with Crippen LogP contribution < -0.4 is 9.47 Å². The topological polar surface area (TPSA) is 118 Å². The zero-order valence-corrected chi connectivity index (χ0v) is 18.8. The van der Waals surface area contributed by atoms with Gasteiger partial charge in [0.25, 0.3) is 0 Å². The Morgan fingerprint density at radius 2 is 1.88 bits per heavy atom. The molecule has 2 heterocycles. The molecular weight excluding hydrogens is 428 g/mol. The predicted molar refractivity (Wildman–Crippen MR) is 116 cm³/mol. The fraction of sp³-hybridized carbons (Fsp3) is 0.625. The Bertz CT molecular complexity index is 978. The van der Waals surface area contributed by atoms with E-state index < -0.39 is 30.0 Å². The number of nitrogens with zero attached hydrogens (tertiary/aromatic N) is 2. The van der Waals surface area contributed by atoms with E-state index >= 15 is 0 Å². The van der Waals surface area contributed by atoms with Crippen molar-refractivity contribution in [3.05, 3.63) is 23.8 Å². The minimum atomic E-state index is -1.09. The van der Waals surface area contributed by atoms with Gasteiger partial charge in [0.15, 0.2) is 11.5 Å². The summed E-state index contributed by atoms with van der Waals surface area (Å²) in [5.41, 5.74) is 1.44. The monoisotopic (exact) mass is 458 g/mol. The first-order valence-electron chi connectivity index (χ1n) is 11.6. The number of oxime groups is 1. The van der Waals surface area contributed by atoms with Crippen LogP contribution in [0.2, 0.25) is 0 Å². The predicted octanol–water partition coefficient (Wildman–Crippen LogP) is 1.70. The van der Waals surface area contributed by atoms with Crippen LogP contribution in [0.25, 0.3) is 0 Å². The molecule has 6 atom stereocenters. The second-order valence-electron chi connectivity index (χ2n) is 9.88. The lowest BCUT2D eigenvalue weighted by atomic mass is 9.60. The molecule has 1 aromatic carbocycles. The molecule has 2 aliphatic carbocycles. The molecule has 2 saturated carbocycles. The first-order chi connectivity index (χ1) is 15.8. The molecule has 2 N–H and O–H groups in total. The average Bonchev–Trinajstić information content (AvgIpc) is 3.35. The zero-order valence-electron chi connectivity index (χ0n) is 18.8. The highest BCUT2D eigenvalue weighted by molar-refractivity contribution is 6.06. The number of imide groups is 1. The standard InChI is InChI=1S/C24H30N2O7/c1-12(2)10-33-25-16-8-17(27)22(28)20-14(16)4-5-15-21(20)24(30)26(23(15)29)9-13-3-6-18-19(7-13)32-11-31-18/h3,6-7,12,14-15,17,20-22,27-28H,4-5,8-11H2,1-2H3/b25-16+/t14-,15+,17+,20-,21+,22+/m0/s1. The van der Waals surface area contributed by atoms with Crippen molar-refractivity contribution in [2.45, 2.75) is 51.9 Å². The summed E-state index contributed by atoms with van der Waals surface area (Å²) >= 11 is 0. The highest BCUT2D eigenvalue weighted by atomic mass is 16.7. The Labute approximate surface area is 192 Å². The molecule has 3 fully saturated rings. The number of hydrogen-bond donors (Lipinski definition) is 2. The normalized spacial score (nSPS) is 34.1. The lowest BCUT2D eigenvalue weighted by Crippen LogP contribution is -2.54. The fourth-order valence-electron chi connectivity index (χ4n) is 5.69. The Hall–Kier alpha value is -2.65. The smallest absolute Gasteiger partial charge is 0.233 e. The highest BCUT2D eigenvalue weighted by Gasteiger charge is 2.59. The number of carbonyl (C=O) groups excluding carboxylic acids is 2. The van der Waals surface area contributed by atoms with Crippen LogP contribution >= 0.6 is 0 Å². The van der Waals surface area contributed by atoms with Gasteiger partial charge in [0, 0.05) is 18.3 Å². The van der Waals surface area contributed by atoms with Crippen LogP contribution in [0.3, 0.4) is 0 Å². The van der Waals surface area contributed by atoms with Crippen molar-refractivity contribution in [1.29, 1.82) is 0 Å². The number of hydrogen-bond acceptors (Lipinski definition) is 8. The highest BCUT2D eigenvalue weighted by Crippen LogP contribution is 2.50. The number of carbonyl (C=O) groups is 2. The lowest BCUT2D eigenvalue weighted by molar-refractivity contribution is -0.142. The third-order valence-electron chi connectivity index (χ3n) is 7.24. The number of ether oxygens (including phenoxy) is 2. The quantitative estimate of drug-likeness (QED) is 0.509. The van der Waals surface area contributed by atoms with Gasteiger partial charge in [-0.15, -0.1) is 0 Å². The summed E-state index contributed by atoms with van der Waals surface area (Å²) in [5, 5.41) is 25.7. The second kappa shape index (κ2) is 8.61. The van der Waals surface area contributed by atoms with Gasteiger partial charge < -0.3 is 24.5 Å². The van der Waals surface area contributed by atoms with E-state index in [9.17, 15) is 19.8 Å². The summed E-state index contributed by atoms with van der Waals surface area (Å²) in [7, 11) is 0. The minimum Gasteiger partial charge on any atom is -0.454 e. The van der Waals surface area contributed by atoms with Crippen LogP contribution in [0.5, 0.6) is 11.5 Å². The first-order valence-corrected chi connectivity index (χ1v) is 11.6. The van der Waals surface area contributed by atoms with Crippen LogP contribution in [0.1, 0.15) is 38.7 Å². The van der Waals surface area contributed by atoms with E-state index in [2.05, 4.69) is 5.16 Å². The Balaban J connectivity index is 1.38.